The number of hydrogen-bond acceptors (Lipinski definition) is 4. The van der Waals surface area contributed by atoms with Crippen molar-refractivity contribution in [3.05, 3.63) is 58.1 Å². The van der Waals surface area contributed by atoms with Crippen LogP contribution in [0.1, 0.15) is 34.1 Å². The van der Waals surface area contributed by atoms with Crippen LogP contribution in [0, 0.1) is 0 Å². The fraction of sp³-hybridized carbons (Fsp3) is 0.364. The Labute approximate surface area is 180 Å². The van der Waals surface area contributed by atoms with Crippen molar-refractivity contribution in [3.8, 4) is 5.75 Å². The summed E-state index contributed by atoms with van der Waals surface area (Å²) in [5, 5.41) is 2.89. The maximum absolute atomic E-state index is 13.0. The van der Waals surface area contributed by atoms with E-state index in [1.807, 2.05) is 31.0 Å². The highest BCUT2D eigenvalue weighted by Crippen LogP contribution is 2.27. The number of carbonyl (C=O) groups is 2. The number of amides is 2. The average Bonchev–Trinajstić information content (AvgIpc) is 2.73. The lowest BCUT2D eigenvalue weighted by atomic mass is 10.1. The molecule has 1 aliphatic heterocycles. The van der Waals surface area contributed by atoms with Gasteiger partial charge in [0.2, 0.25) is 0 Å². The van der Waals surface area contributed by atoms with Crippen LogP contribution in [0.3, 0.4) is 0 Å². The molecule has 0 aromatic heterocycles. The predicted molar refractivity (Wildman–Crippen MR) is 118 cm³/mol. The summed E-state index contributed by atoms with van der Waals surface area (Å²) in [6.07, 6.45) is 0.910. The number of carbonyl (C=O) groups excluding carboxylic acids is 2. The molecule has 2 aromatic rings. The lowest BCUT2D eigenvalue weighted by molar-refractivity contribution is 0.0665. The Bertz CT molecular complexity index is 879. The molecule has 2 aromatic carbocycles. The molecule has 29 heavy (non-hydrogen) atoms. The van der Waals surface area contributed by atoms with Gasteiger partial charge in [0, 0.05) is 31.7 Å². The minimum absolute atomic E-state index is 0.0569. The topological polar surface area (TPSA) is 61.9 Å². The van der Waals surface area contributed by atoms with Crippen LogP contribution in [0.15, 0.2) is 46.9 Å². The van der Waals surface area contributed by atoms with E-state index in [1.165, 1.54) is 0 Å². The average molecular weight is 460 g/mol. The van der Waals surface area contributed by atoms with Crippen molar-refractivity contribution < 1.29 is 14.3 Å². The molecule has 0 unspecified atom stereocenters. The number of rotatable bonds is 6. The Morgan fingerprint density at radius 3 is 2.52 bits per heavy atom. The number of ether oxygens (including phenoxy) is 1. The summed E-state index contributed by atoms with van der Waals surface area (Å²) in [7, 11) is 2.05. The minimum Gasteiger partial charge on any atom is -0.492 e. The van der Waals surface area contributed by atoms with Gasteiger partial charge >= 0.3 is 0 Å². The molecule has 1 saturated heterocycles. The molecule has 0 bridgehead atoms. The third-order valence-corrected chi connectivity index (χ3v) is 5.47. The van der Waals surface area contributed by atoms with E-state index in [0.29, 0.717) is 42.3 Å². The third-order valence-electron chi connectivity index (χ3n) is 4.85. The largest absolute Gasteiger partial charge is 0.492 e. The van der Waals surface area contributed by atoms with Gasteiger partial charge in [0.25, 0.3) is 11.8 Å². The molecule has 1 aliphatic rings. The number of piperazine rings is 1. The fourth-order valence-corrected chi connectivity index (χ4v) is 3.62. The second kappa shape index (κ2) is 9.89. The first-order chi connectivity index (χ1) is 14.0. The molecule has 0 atom stereocenters. The molecule has 0 spiro atoms. The highest BCUT2D eigenvalue weighted by Gasteiger charge is 2.23. The van der Waals surface area contributed by atoms with Gasteiger partial charge in [-0.25, -0.2) is 0 Å². The van der Waals surface area contributed by atoms with E-state index in [2.05, 4.69) is 26.1 Å². The second-order valence-electron chi connectivity index (χ2n) is 7.09. The Balaban J connectivity index is 1.74. The fourth-order valence-electron chi connectivity index (χ4n) is 3.12. The Kier molecular flexibility index (Phi) is 7.28. The third kappa shape index (κ3) is 5.36. The molecule has 7 heteroatoms. The van der Waals surface area contributed by atoms with Crippen LogP contribution < -0.4 is 10.1 Å². The summed E-state index contributed by atoms with van der Waals surface area (Å²) in [4.78, 5) is 29.8. The van der Waals surface area contributed by atoms with Crippen LogP contribution in [0.2, 0.25) is 0 Å². The van der Waals surface area contributed by atoms with Gasteiger partial charge in [0.15, 0.2) is 0 Å². The number of hydrogen-bond donors (Lipinski definition) is 1. The zero-order chi connectivity index (χ0) is 20.8. The van der Waals surface area contributed by atoms with Gasteiger partial charge in [-0.15, -0.1) is 0 Å². The first-order valence-corrected chi connectivity index (χ1v) is 10.6. The van der Waals surface area contributed by atoms with Crippen LogP contribution in [-0.2, 0) is 0 Å². The van der Waals surface area contributed by atoms with Crippen molar-refractivity contribution in [2.24, 2.45) is 0 Å². The van der Waals surface area contributed by atoms with E-state index in [0.717, 1.165) is 24.0 Å². The van der Waals surface area contributed by atoms with E-state index in [1.54, 1.807) is 30.3 Å². The number of halogens is 1. The lowest BCUT2D eigenvalue weighted by Crippen LogP contribution is -2.47. The van der Waals surface area contributed by atoms with Gasteiger partial charge in [-0.1, -0.05) is 19.1 Å². The second-order valence-corrected chi connectivity index (χ2v) is 7.94. The standard InChI is InChI=1S/C22H26BrN3O3/c1-3-14-29-20-9-8-16(15-18(20)23)21(27)24-19-7-5-4-6-17(19)22(28)26-12-10-25(2)11-13-26/h4-9,15H,3,10-14H2,1-2H3,(H,24,27). The summed E-state index contributed by atoms with van der Waals surface area (Å²) in [5.41, 5.74) is 1.51. The molecule has 0 aliphatic carbocycles. The number of benzene rings is 2. The highest BCUT2D eigenvalue weighted by atomic mass is 79.9. The maximum atomic E-state index is 13.0. The first-order valence-electron chi connectivity index (χ1n) is 9.80. The molecule has 1 N–H and O–H groups in total. The molecule has 6 nitrogen and oxygen atoms in total. The van der Waals surface area contributed by atoms with Crippen LogP contribution >= 0.6 is 15.9 Å². The highest BCUT2D eigenvalue weighted by molar-refractivity contribution is 9.10. The van der Waals surface area contributed by atoms with Gasteiger partial charge in [0.1, 0.15) is 5.75 Å². The molecule has 0 radical (unpaired) electrons. The summed E-state index contributed by atoms with van der Waals surface area (Å²) in [6.45, 7) is 5.72. The SMILES string of the molecule is CCCOc1ccc(C(=O)Nc2ccccc2C(=O)N2CCN(C)CC2)cc1Br. The van der Waals surface area contributed by atoms with Crippen LogP contribution in [0.4, 0.5) is 5.69 Å². The quantitative estimate of drug-likeness (QED) is 0.711. The molecule has 0 saturated carbocycles. The van der Waals surface area contributed by atoms with Gasteiger partial charge < -0.3 is 19.9 Å². The van der Waals surface area contributed by atoms with Crippen LogP contribution in [-0.4, -0.2) is 61.4 Å². The summed E-state index contributed by atoms with van der Waals surface area (Å²) < 4.78 is 6.35. The van der Waals surface area contributed by atoms with Crippen molar-refractivity contribution in [2.45, 2.75) is 13.3 Å². The lowest BCUT2D eigenvalue weighted by Gasteiger charge is -2.32. The van der Waals surface area contributed by atoms with Gasteiger partial charge in [0.05, 0.1) is 22.3 Å². The number of nitrogens with one attached hydrogen (secondary N) is 1. The number of nitrogens with zero attached hydrogens (tertiary/aromatic N) is 2. The Morgan fingerprint density at radius 1 is 1.10 bits per heavy atom. The molecule has 1 heterocycles. The summed E-state index contributed by atoms with van der Waals surface area (Å²) in [6, 6.07) is 12.4. The van der Waals surface area contributed by atoms with Gasteiger partial charge in [-0.2, -0.15) is 0 Å². The smallest absolute Gasteiger partial charge is 0.256 e. The molecular formula is C22H26BrN3O3. The van der Waals surface area contributed by atoms with E-state index in [9.17, 15) is 9.59 Å². The Hall–Kier alpha value is -2.38. The van der Waals surface area contributed by atoms with Crippen LogP contribution in [0.25, 0.3) is 0 Å². The number of anilines is 1. The van der Waals surface area contributed by atoms with E-state index in [-0.39, 0.29) is 11.8 Å². The minimum atomic E-state index is -0.272. The molecule has 3 rings (SSSR count). The normalized spacial score (nSPS) is 14.5. The molecular weight excluding hydrogens is 434 g/mol. The van der Waals surface area contributed by atoms with E-state index >= 15 is 0 Å². The molecule has 2 amide bonds. The molecule has 1 fully saturated rings. The van der Waals surface area contributed by atoms with Crippen molar-refractivity contribution in [1.29, 1.82) is 0 Å². The van der Waals surface area contributed by atoms with Gasteiger partial charge in [-0.05, 0) is 59.7 Å². The monoisotopic (exact) mass is 459 g/mol. The maximum Gasteiger partial charge on any atom is 0.256 e. The number of para-hydroxylation sites is 1. The number of likely N-dealkylation sites (N-methyl/N-ethyl adjacent to an activating group) is 1. The van der Waals surface area contributed by atoms with E-state index in [4.69, 9.17) is 4.74 Å². The first kappa shape index (κ1) is 21.3. The van der Waals surface area contributed by atoms with Crippen LogP contribution in [0.5, 0.6) is 5.75 Å². The molecule has 154 valence electrons. The summed E-state index contributed by atoms with van der Waals surface area (Å²) in [5.74, 6) is 0.374. The van der Waals surface area contributed by atoms with Crippen molar-refractivity contribution in [3.63, 3.8) is 0 Å². The van der Waals surface area contributed by atoms with Gasteiger partial charge in [-0.3, -0.25) is 9.59 Å². The zero-order valence-corrected chi connectivity index (χ0v) is 18.4. The Morgan fingerprint density at radius 2 is 1.83 bits per heavy atom. The van der Waals surface area contributed by atoms with E-state index < -0.39 is 0 Å². The summed E-state index contributed by atoms with van der Waals surface area (Å²) >= 11 is 3.46. The van der Waals surface area contributed by atoms with Crippen molar-refractivity contribution in [2.75, 3.05) is 45.2 Å². The van der Waals surface area contributed by atoms with Crippen molar-refractivity contribution >= 4 is 33.4 Å². The zero-order valence-electron chi connectivity index (χ0n) is 16.8. The van der Waals surface area contributed by atoms with Crippen molar-refractivity contribution in [1.82, 2.24) is 9.80 Å². The predicted octanol–water partition coefficient (Wildman–Crippen LogP) is 3.88.